The maximum Gasteiger partial charge on any atom is 0.174 e. The van der Waals surface area contributed by atoms with Gasteiger partial charge in [-0.3, -0.25) is 0 Å². The molecule has 15 heavy (non-hydrogen) atoms. The Labute approximate surface area is 106 Å². The number of rotatable bonds is 1. The second-order valence-corrected chi connectivity index (χ2v) is 6.14. The quantitative estimate of drug-likeness (QED) is 0.686. The van der Waals surface area contributed by atoms with Crippen molar-refractivity contribution in [3.8, 4) is 0 Å². The molecule has 1 atom stereocenters. The Kier molecular flexibility index (Phi) is 3.73. The molecule has 2 aliphatic rings. The van der Waals surface area contributed by atoms with Crippen molar-refractivity contribution in [1.29, 1.82) is 0 Å². The highest BCUT2D eigenvalue weighted by atomic mass is 127. The molecular formula is C12H19IO2. The van der Waals surface area contributed by atoms with Crippen LogP contribution in [0.1, 0.15) is 39.5 Å². The summed E-state index contributed by atoms with van der Waals surface area (Å²) in [5.74, 6) is 0.208. The van der Waals surface area contributed by atoms with Crippen molar-refractivity contribution >= 4 is 22.6 Å². The highest BCUT2D eigenvalue weighted by Crippen LogP contribution is 2.45. The highest BCUT2D eigenvalue weighted by Gasteiger charge is 2.46. The molecule has 0 amide bonds. The fourth-order valence-corrected chi connectivity index (χ4v) is 3.09. The van der Waals surface area contributed by atoms with Crippen LogP contribution in [0.25, 0.3) is 0 Å². The molecule has 0 radical (unpaired) electrons. The number of hydrogen-bond acceptors (Lipinski definition) is 2. The lowest BCUT2D eigenvalue weighted by molar-refractivity contribution is -0.203. The predicted molar refractivity (Wildman–Crippen MR) is 69.0 cm³/mol. The summed E-state index contributed by atoms with van der Waals surface area (Å²) < 4.78 is 13.2. The maximum absolute atomic E-state index is 5.91. The zero-order chi connectivity index (χ0) is 10.9. The number of allylic oxidation sites excluding steroid dienone is 1. The summed E-state index contributed by atoms with van der Waals surface area (Å²) >= 11 is 2.41. The molecule has 1 saturated carbocycles. The third kappa shape index (κ3) is 2.24. The number of halogens is 1. The van der Waals surface area contributed by atoms with Gasteiger partial charge in [-0.05, 0) is 52.9 Å². The second-order valence-electron chi connectivity index (χ2n) is 4.52. The molecule has 0 aromatic heterocycles. The molecule has 1 spiro atoms. The lowest BCUT2D eigenvalue weighted by Crippen LogP contribution is -2.42. The van der Waals surface area contributed by atoms with Gasteiger partial charge in [0.05, 0.1) is 13.2 Å². The summed E-state index contributed by atoms with van der Waals surface area (Å²) in [4.78, 5) is 0. The summed E-state index contributed by atoms with van der Waals surface area (Å²) in [6.45, 7) is 5.94. The molecule has 2 rings (SSSR count). The first-order chi connectivity index (χ1) is 7.16. The topological polar surface area (TPSA) is 18.5 Å². The Morgan fingerprint density at radius 2 is 1.87 bits per heavy atom. The van der Waals surface area contributed by atoms with E-state index in [9.17, 15) is 0 Å². The van der Waals surface area contributed by atoms with Crippen molar-refractivity contribution in [3.05, 3.63) is 9.15 Å². The predicted octanol–water partition coefficient (Wildman–Crippen LogP) is 3.65. The first-order valence-corrected chi connectivity index (χ1v) is 6.84. The van der Waals surface area contributed by atoms with Crippen LogP contribution in [0.15, 0.2) is 9.15 Å². The van der Waals surface area contributed by atoms with E-state index in [4.69, 9.17) is 9.47 Å². The van der Waals surface area contributed by atoms with Gasteiger partial charge < -0.3 is 9.47 Å². The third-order valence-electron chi connectivity index (χ3n) is 3.64. The monoisotopic (exact) mass is 322 g/mol. The molecule has 0 N–H and O–H groups in total. The zero-order valence-electron chi connectivity index (χ0n) is 9.51. The van der Waals surface area contributed by atoms with Gasteiger partial charge in [0, 0.05) is 12.3 Å². The van der Waals surface area contributed by atoms with Gasteiger partial charge in [0.2, 0.25) is 0 Å². The first-order valence-electron chi connectivity index (χ1n) is 5.76. The van der Waals surface area contributed by atoms with E-state index in [1.54, 1.807) is 0 Å². The van der Waals surface area contributed by atoms with Gasteiger partial charge >= 0.3 is 0 Å². The van der Waals surface area contributed by atoms with Crippen molar-refractivity contribution in [3.63, 3.8) is 0 Å². The molecule has 1 aliphatic heterocycles. The van der Waals surface area contributed by atoms with Crippen molar-refractivity contribution in [2.75, 3.05) is 13.2 Å². The van der Waals surface area contributed by atoms with E-state index in [2.05, 4.69) is 36.4 Å². The van der Waals surface area contributed by atoms with Gasteiger partial charge in [0.1, 0.15) is 0 Å². The van der Waals surface area contributed by atoms with Gasteiger partial charge in [-0.25, -0.2) is 0 Å². The Morgan fingerprint density at radius 3 is 2.47 bits per heavy atom. The molecule has 1 aliphatic carbocycles. The van der Waals surface area contributed by atoms with E-state index in [-0.39, 0.29) is 5.79 Å². The Balaban J connectivity index is 2.23. The molecule has 0 bridgehead atoms. The Bertz CT molecular complexity index is 263. The first kappa shape index (κ1) is 11.9. The van der Waals surface area contributed by atoms with E-state index in [1.165, 1.54) is 28.4 Å². The van der Waals surface area contributed by atoms with Gasteiger partial charge in [0.25, 0.3) is 0 Å². The second kappa shape index (κ2) is 4.72. The van der Waals surface area contributed by atoms with Crippen molar-refractivity contribution < 1.29 is 9.47 Å². The van der Waals surface area contributed by atoms with E-state index in [0.29, 0.717) is 5.92 Å². The van der Waals surface area contributed by atoms with Crippen LogP contribution in [-0.4, -0.2) is 19.0 Å². The molecule has 0 aromatic rings. The van der Waals surface area contributed by atoms with E-state index in [1.807, 2.05) is 0 Å². The van der Waals surface area contributed by atoms with Crippen LogP contribution >= 0.6 is 22.6 Å². The van der Waals surface area contributed by atoms with Gasteiger partial charge in [0.15, 0.2) is 5.79 Å². The summed E-state index contributed by atoms with van der Waals surface area (Å²) in [6.07, 6.45) is 4.83. The van der Waals surface area contributed by atoms with Crippen molar-refractivity contribution in [1.82, 2.24) is 0 Å². The maximum atomic E-state index is 5.91. The lowest BCUT2D eigenvalue weighted by Gasteiger charge is -2.40. The van der Waals surface area contributed by atoms with Crippen LogP contribution in [0.3, 0.4) is 0 Å². The summed E-state index contributed by atoms with van der Waals surface area (Å²) in [5, 5.41) is 0. The smallest absolute Gasteiger partial charge is 0.174 e. The fourth-order valence-electron chi connectivity index (χ4n) is 2.72. The van der Waals surface area contributed by atoms with Crippen LogP contribution in [0.4, 0.5) is 0 Å². The normalized spacial score (nSPS) is 31.8. The van der Waals surface area contributed by atoms with Crippen LogP contribution in [0.5, 0.6) is 0 Å². The van der Waals surface area contributed by atoms with Gasteiger partial charge in [-0.2, -0.15) is 0 Å². The number of hydrogen-bond donors (Lipinski definition) is 0. The Morgan fingerprint density at radius 1 is 1.20 bits per heavy atom. The SMILES string of the molecule is C/C(I)=C(/C)C1CCCCC12OCCO2. The van der Waals surface area contributed by atoms with Crippen LogP contribution in [-0.2, 0) is 9.47 Å². The summed E-state index contributed by atoms with van der Waals surface area (Å²) in [7, 11) is 0. The molecule has 2 nitrogen and oxygen atoms in total. The molecule has 1 saturated heterocycles. The molecule has 3 heteroatoms. The molecule has 1 unspecified atom stereocenters. The zero-order valence-corrected chi connectivity index (χ0v) is 11.7. The molecule has 1 heterocycles. The van der Waals surface area contributed by atoms with Crippen LogP contribution in [0.2, 0.25) is 0 Å². The minimum atomic E-state index is -0.269. The standard InChI is InChI=1S/C12H19IO2/c1-9(10(2)13)11-5-3-4-6-12(11)14-7-8-15-12/h11H,3-8H2,1-2H3/b10-9+. The largest absolute Gasteiger partial charge is 0.347 e. The minimum Gasteiger partial charge on any atom is -0.347 e. The molecule has 86 valence electrons. The molecule has 0 aromatic carbocycles. The molecule has 2 fully saturated rings. The average molecular weight is 322 g/mol. The number of ether oxygens (including phenoxy) is 2. The van der Waals surface area contributed by atoms with E-state index >= 15 is 0 Å². The van der Waals surface area contributed by atoms with E-state index in [0.717, 1.165) is 19.6 Å². The van der Waals surface area contributed by atoms with Crippen molar-refractivity contribution in [2.45, 2.75) is 45.3 Å². The van der Waals surface area contributed by atoms with E-state index < -0.39 is 0 Å². The lowest BCUT2D eigenvalue weighted by atomic mass is 9.79. The average Bonchev–Trinajstić information content (AvgIpc) is 2.67. The molecular weight excluding hydrogens is 303 g/mol. The van der Waals surface area contributed by atoms with Gasteiger partial charge in [-0.1, -0.05) is 12.0 Å². The van der Waals surface area contributed by atoms with Gasteiger partial charge in [-0.15, -0.1) is 0 Å². The summed E-state index contributed by atoms with van der Waals surface area (Å²) in [5.41, 5.74) is 1.46. The fraction of sp³-hybridized carbons (Fsp3) is 0.833. The highest BCUT2D eigenvalue weighted by molar-refractivity contribution is 14.1. The minimum absolute atomic E-state index is 0.269. The third-order valence-corrected chi connectivity index (χ3v) is 4.49. The van der Waals surface area contributed by atoms with Crippen LogP contribution in [0, 0.1) is 5.92 Å². The Hall–Kier alpha value is 0.390. The summed E-state index contributed by atoms with van der Waals surface area (Å²) in [6, 6.07) is 0. The van der Waals surface area contributed by atoms with Crippen LogP contribution < -0.4 is 0 Å². The van der Waals surface area contributed by atoms with Crippen molar-refractivity contribution in [2.24, 2.45) is 5.92 Å².